The Labute approximate surface area is 143 Å². The minimum Gasteiger partial charge on any atom is -0.439 e. The highest BCUT2D eigenvalue weighted by molar-refractivity contribution is 7.14. The summed E-state index contributed by atoms with van der Waals surface area (Å²) in [4.78, 5) is 19.1. The number of hydrogen-bond acceptors (Lipinski definition) is 5. The zero-order valence-electron chi connectivity index (χ0n) is 13.1. The van der Waals surface area contributed by atoms with E-state index in [-0.39, 0.29) is 11.7 Å². The molecule has 120 valence electrons. The highest BCUT2D eigenvalue weighted by atomic mass is 32.1. The number of fused-ring (bicyclic) bond motifs is 2. The average Bonchev–Trinajstić information content (AvgIpc) is 3.13. The monoisotopic (exact) mass is 336 g/mol. The highest BCUT2D eigenvalue weighted by Crippen LogP contribution is 2.32. The van der Waals surface area contributed by atoms with Crippen molar-refractivity contribution in [3.05, 3.63) is 51.5 Å². The van der Waals surface area contributed by atoms with Crippen molar-refractivity contribution < 1.29 is 9.21 Å². The van der Waals surface area contributed by atoms with Crippen LogP contribution >= 0.6 is 11.3 Å². The number of aryl methyl sites for hydroxylation is 2. The fourth-order valence-corrected chi connectivity index (χ4v) is 4.39. The van der Waals surface area contributed by atoms with Gasteiger partial charge >= 0.3 is 0 Å². The van der Waals surface area contributed by atoms with Crippen LogP contribution in [0.4, 0.5) is 0 Å². The molecule has 4 rings (SSSR count). The molecular formula is C19H16N2O2S. The summed E-state index contributed by atoms with van der Waals surface area (Å²) < 4.78 is 5.64. The summed E-state index contributed by atoms with van der Waals surface area (Å²) in [6.07, 6.45) is 5.65. The normalized spacial score (nSPS) is 15.5. The fraction of sp³-hybridized carbons (Fsp3) is 0.316. The second-order valence-corrected chi connectivity index (χ2v) is 7.20. The van der Waals surface area contributed by atoms with Gasteiger partial charge in [-0.2, -0.15) is 5.26 Å². The molecule has 1 unspecified atom stereocenters. The maximum Gasteiger partial charge on any atom is 0.220 e. The van der Waals surface area contributed by atoms with Crippen LogP contribution in [0.5, 0.6) is 0 Å². The SMILES string of the molecule is N#CC(C(=O)c1cc2c(s1)CCCCC2)c1nc2ccccc2o1. The van der Waals surface area contributed by atoms with Crippen molar-refractivity contribution in [3.8, 4) is 6.07 Å². The molecule has 0 saturated heterocycles. The zero-order chi connectivity index (χ0) is 16.5. The Morgan fingerprint density at radius 2 is 2.08 bits per heavy atom. The number of oxazole rings is 1. The number of thiophene rings is 1. The van der Waals surface area contributed by atoms with Gasteiger partial charge in [0.15, 0.2) is 17.3 Å². The molecule has 0 saturated carbocycles. The molecule has 0 fully saturated rings. The third kappa shape index (κ3) is 2.63. The summed E-state index contributed by atoms with van der Waals surface area (Å²) >= 11 is 1.53. The molecule has 1 atom stereocenters. The number of nitriles is 1. The summed E-state index contributed by atoms with van der Waals surface area (Å²) in [5, 5.41) is 9.52. The van der Waals surface area contributed by atoms with Crippen LogP contribution in [0.25, 0.3) is 11.1 Å². The lowest BCUT2D eigenvalue weighted by molar-refractivity contribution is 0.0974. The van der Waals surface area contributed by atoms with Gasteiger partial charge in [0.2, 0.25) is 5.89 Å². The van der Waals surface area contributed by atoms with Gasteiger partial charge in [0, 0.05) is 4.88 Å². The van der Waals surface area contributed by atoms with Crippen LogP contribution < -0.4 is 0 Å². The highest BCUT2D eigenvalue weighted by Gasteiger charge is 2.29. The van der Waals surface area contributed by atoms with Crippen LogP contribution in [0, 0.1) is 11.3 Å². The number of nitrogens with zero attached hydrogens (tertiary/aromatic N) is 2. The van der Waals surface area contributed by atoms with Gasteiger partial charge < -0.3 is 4.42 Å². The largest absolute Gasteiger partial charge is 0.439 e. The molecule has 2 aromatic heterocycles. The third-order valence-electron chi connectivity index (χ3n) is 4.44. The quantitative estimate of drug-likeness (QED) is 0.516. The summed E-state index contributed by atoms with van der Waals surface area (Å²) in [5.41, 5.74) is 2.54. The van der Waals surface area contributed by atoms with Gasteiger partial charge in [0.1, 0.15) is 5.52 Å². The number of carbonyl (C=O) groups excluding carboxylic acids is 1. The third-order valence-corrected chi connectivity index (χ3v) is 5.69. The van der Waals surface area contributed by atoms with E-state index >= 15 is 0 Å². The van der Waals surface area contributed by atoms with Gasteiger partial charge in [-0.15, -0.1) is 11.3 Å². The van der Waals surface area contributed by atoms with Gasteiger partial charge in [0.25, 0.3) is 0 Å². The smallest absolute Gasteiger partial charge is 0.220 e. The minimum absolute atomic E-state index is 0.187. The van der Waals surface area contributed by atoms with E-state index in [1.807, 2.05) is 24.3 Å². The molecule has 0 bridgehead atoms. The van der Waals surface area contributed by atoms with Crippen LogP contribution in [0.2, 0.25) is 0 Å². The molecule has 0 amide bonds. The fourth-order valence-electron chi connectivity index (χ4n) is 3.17. The first-order chi connectivity index (χ1) is 11.8. The number of Topliss-reactive ketones (excluding diaryl/α,β-unsaturated/α-hetero) is 1. The first-order valence-electron chi connectivity index (χ1n) is 8.17. The number of para-hydroxylation sites is 2. The Morgan fingerprint density at radius 1 is 1.25 bits per heavy atom. The first-order valence-corrected chi connectivity index (χ1v) is 8.99. The van der Waals surface area contributed by atoms with Crippen molar-refractivity contribution in [2.24, 2.45) is 0 Å². The van der Waals surface area contributed by atoms with Crippen molar-refractivity contribution in [1.82, 2.24) is 4.98 Å². The molecule has 5 heteroatoms. The molecule has 3 aromatic rings. The second kappa shape index (κ2) is 6.21. The van der Waals surface area contributed by atoms with E-state index in [0.717, 1.165) is 12.8 Å². The Bertz CT molecular complexity index is 891. The summed E-state index contributed by atoms with van der Waals surface area (Å²) in [6, 6.07) is 11.3. The predicted octanol–water partition coefficient (Wildman–Crippen LogP) is 4.65. The first kappa shape index (κ1) is 15.1. The van der Waals surface area contributed by atoms with Crippen molar-refractivity contribution >= 4 is 28.2 Å². The van der Waals surface area contributed by atoms with Gasteiger partial charge in [-0.05, 0) is 49.4 Å². The lowest BCUT2D eigenvalue weighted by atomic mass is 10.0. The molecule has 1 aliphatic carbocycles. The summed E-state index contributed by atoms with van der Waals surface area (Å²) in [7, 11) is 0. The molecule has 2 heterocycles. The van der Waals surface area contributed by atoms with Crippen molar-refractivity contribution in [2.75, 3.05) is 0 Å². The average molecular weight is 336 g/mol. The standard InChI is InChI=1S/C19H16N2O2S/c20-11-13(19-21-14-7-4-5-8-15(14)23-19)18(22)17-10-12-6-2-1-3-9-16(12)24-17/h4-5,7-8,10,13H,1-3,6,9H2. The zero-order valence-corrected chi connectivity index (χ0v) is 13.9. The maximum absolute atomic E-state index is 12.8. The minimum atomic E-state index is -0.986. The Balaban J connectivity index is 1.68. The number of aromatic nitrogens is 1. The lowest BCUT2D eigenvalue weighted by Gasteiger charge is -2.01. The molecule has 0 N–H and O–H groups in total. The molecular weight excluding hydrogens is 320 g/mol. The number of carbonyl (C=O) groups is 1. The van der Waals surface area contributed by atoms with E-state index in [9.17, 15) is 10.1 Å². The summed E-state index contributed by atoms with van der Waals surface area (Å²) in [6.45, 7) is 0. The number of ketones is 1. The van der Waals surface area contributed by atoms with E-state index < -0.39 is 5.92 Å². The molecule has 24 heavy (non-hydrogen) atoms. The van der Waals surface area contributed by atoms with Crippen LogP contribution in [-0.2, 0) is 12.8 Å². The van der Waals surface area contributed by atoms with E-state index in [2.05, 4.69) is 11.1 Å². The van der Waals surface area contributed by atoms with Crippen molar-refractivity contribution in [1.29, 1.82) is 5.26 Å². The Morgan fingerprint density at radius 3 is 2.92 bits per heavy atom. The topological polar surface area (TPSA) is 66.9 Å². The van der Waals surface area contributed by atoms with E-state index in [1.165, 1.54) is 41.0 Å². The Hall–Kier alpha value is -2.45. The lowest BCUT2D eigenvalue weighted by Crippen LogP contribution is -2.10. The molecule has 0 spiro atoms. The van der Waals surface area contributed by atoms with E-state index in [4.69, 9.17) is 4.42 Å². The van der Waals surface area contributed by atoms with Gasteiger partial charge in [-0.3, -0.25) is 4.79 Å². The van der Waals surface area contributed by atoms with Crippen LogP contribution in [0.15, 0.2) is 34.7 Å². The number of hydrogen-bond donors (Lipinski definition) is 0. The molecule has 4 nitrogen and oxygen atoms in total. The van der Waals surface area contributed by atoms with Crippen LogP contribution in [-0.4, -0.2) is 10.8 Å². The van der Waals surface area contributed by atoms with Gasteiger partial charge in [-0.1, -0.05) is 18.6 Å². The molecule has 0 aliphatic heterocycles. The Kier molecular flexibility index (Phi) is 3.91. The van der Waals surface area contributed by atoms with Crippen LogP contribution in [0.1, 0.15) is 51.2 Å². The van der Waals surface area contributed by atoms with E-state index in [1.54, 1.807) is 6.07 Å². The molecule has 1 aromatic carbocycles. The van der Waals surface area contributed by atoms with Crippen molar-refractivity contribution in [2.45, 2.75) is 38.0 Å². The van der Waals surface area contributed by atoms with E-state index in [0.29, 0.717) is 16.0 Å². The molecule has 0 radical (unpaired) electrons. The van der Waals surface area contributed by atoms with Crippen LogP contribution in [0.3, 0.4) is 0 Å². The maximum atomic E-state index is 12.8. The van der Waals surface area contributed by atoms with Crippen molar-refractivity contribution in [3.63, 3.8) is 0 Å². The van der Waals surface area contributed by atoms with Gasteiger partial charge in [0.05, 0.1) is 10.9 Å². The summed E-state index contributed by atoms with van der Waals surface area (Å²) in [5.74, 6) is -1.01. The second-order valence-electron chi connectivity index (χ2n) is 6.07. The van der Waals surface area contributed by atoms with Gasteiger partial charge in [-0.25, -0.2) is 4.98 Å². The predicted molar refractivity (Wildman–Crippen MR) is 92.3 cm³/mol. The molecule has 1 aliphatic rings. The number of benzene rings is 1. The number of rotatable bonds is 3.